The molecule has 0 aliphatic heterocycles. The molecule has 0 aliphatic rings. The van der Waals surface area contributed by atoms with Crippen molar-refractivity contribution in [3.63, 3.8) is 0 Å². The minimum absolute atomic E-state index is 0.133. The van der Waals surface area contributed by atoms with Gasteiger partial charge in [-0.05, 0) is 35.6 Å². The van der Waals surface area contributed by atoms with Crippen LogP contribution in [0.15, 0.2) is 42.5 Å². The lowest BCUT2D eigenvalue weighted by atomic mass is 10.0. The molecule has 0 spiro atoms. The molecule has 0 saturated carbocycles. The van der Waals surface area contributed by atoms with E-state index in [-0.39, 0.29) is 5.91 Å². The van der Waals surface area contributed by atoms with E-state index in [1.807, 2.05) is 0 Å². The van der Waals surface area contributed by atoms with Crippen molar-refractivity contribution in [2.24, 2.45) is 0 Å². The third-order valence-electron chi connectivity index (χ3n) is 3.21. The third-order valence-corrected chi connectivity index (χ3v) is 3.21. The SMILES string of the molecule is CNC(=O)CCCCc1ccc2ccccc2c1. The maximum absolute atomic E-state index is 11.1. The minimum Gasteiger partial charge on any atom is -0.359 e. The van der Waals surface area contributed by atoms with Gasteiger partial charge in [0.05, 0.1) is 0 Å². The van der Waals surface area contributed by atoms with Crippen LogP contribution in [-0.2, 0) is 11.2 Å². The van der Waals surface area contributed by atoms with Crippen LogP contribution < -0.4 is 5.32 Å². The Morgan fingerprint density at radius 2 is 1.83 bits per heavy atom. The smallest absolute Gasteiger partial charge is 0.219 e. The standard InChI is InChI=1S/C16H19NO/c1-17-16(18)9-5-2-6-13-10-11-14-7-3-4-8-15(14)12-13/h3-4,7-8,10-12H,2,5-6,9H2,1H3,(H,17,18). The Labute approximate surface area is 108 Å². The summed E-state index contributed by atoms with van der Waals surface area (Å²) >= 11 is 0. The van der Waals surface area contributed by atoms with E-state index in [4.69, 9.17) is 0 Å². The first-order valence-corrected chi connectivity index (χ1v) is 6.48. The monoisotopic (exact) mass is 241 g/mol. The third kappa shape index (κ3) is 3.33. The number of aryl methyl sites for hydroxylation is 1. The zero-order valence-corrected chi connectivity index (χ0v) is 10.8. The van der Waals surface area contributed by atoms with Gasteiger partial charge in [-0.1, -0.05) is 42.5 Å². The van der Waals surface area contributed by atoms with E-state index in [1.54, 1.807) is 7.05 Å². The summed E-state index contributed by atoms with van der Waals surface area (Å²) in [6.07, 6.45) is 3.68. The molecule has 2 aromatic rings. The van der Waals surface area contributed by atoms with Gasteiger partial charge in [0, 0.05) is 13.5 Å². The highest BCUT2D eigenvalue weighted by molar-refractivity contribution is 5.83. The van der Waals surface area contributed by atoms with Gasteiger partial charge in [0.2, 0.25) is 5.91 Å². The fourth-order valence-corrected chi connectivity index (χ4v) is 2.13. The Balaban J connectivity index is 1.90. The topological polar surface area (TPSA) is 29.1 Å². The van der Waals surface area contributed by atoms with Crippen molar-refractivity contribution in [2.75, 3.05) is 7.05 Å². The summed E-state index contributed by atoms with van der Waals surface area (Å²) in [6.45, 7) is 0. The fourth-order valence-electron chi connectivity index (χ4n) is 2.13. The Morgan fingerprint density at radius 1 is 1.06 bits per heavy atom. The summed E-state index contributed by atoms with van der Waals surface area (Å²) in [5.74, 6) is 0.133. The number of rotatable bonds is 5. The van der Waals surface area contributed by atoms with E-state index in [1.165, 1.54) is 16.3 Å². The predicted octanol–water partition coefficient (Wildman–Crippen LogP) is 3.30. The first kappa shape index (κ1) is 12.6. The van der Waals surface area contributed by atoms with Crippen LogP contribution >= 0.6 is 0 Å². The highest BCUT2D eigenvalue weighted by Gasteiger charge is 1.99. The van der Waals surface area contributed by atoms with Gasteiger partial charge in [-0.15, -0.1) is 0 Å². The van der Waals surface area contributed by atoms with Gasteiger partial charge >= 0.3 is 0 Å². The van der Waals surface area contributed by atoms with Crippen LogP contribution in [0.1, 0.15) is 24.8 Å². The van der Waals surface area contributed by atoms with Crippen molar-refractivity contribution >= 4 is 16.7 Å². The Hall–Kier alpha value is -1.83. The summed E-state index contributed by atoms with van der Waals surface area (Å²) in [5.41, 5.74) is 1.35. The summed E-state index contributed by atoms with van der Waals surface area (Å²) in [7, 11) is 1.69. The number of benzene rings is 2. The molecule has 0 atom stereocenters. The van der Waals surface area contributed by atoms with Gasteiger partial charge in [-0.25, -0.2) is 0 Å². The van der Waals surface area contributed by atoms with Gasteiger partial charge in [0.25, 0.3) is 0 Å². The largest absolute Gasteiger partial charge is 0.359 e. The molecule has 2 nitrogen and oxygen atoms in total. The Morgan fingerprint density at radius 3 is 2.61 bits per heavy atom. The van der Waals surface area contributed by atoms with Crippen LogP contribution in [0.5, 0.6) is 0 Å². The van der Waals surface area contributed by atoms with E-state index in [0.717, 1.165) is 19.3 Å². The van der Waals surface area contributed by atoms with E-state index in [2.05, 4.69) is 47.8 Å². The van der Waals surface area contributed by atoms with E-state index < -0.39 is 0 Å². The normalized spacial score (nSPS) is 10.5. The zero-order valence-electron chi connectivity index (χ0n) is 10.8. The van der Waals surface area contributed by atoms with E-state index in [9.17, 15) is 4.79 Å². The van der Waals surface area contributed by atoms with Gasteiger partial charge in [-0.2, -0.15) is 0 Å². The molecule has 0 fully saturated rings. The number of hydrogen-bond acceptors (Lipinski definition) is 1. The molecule has 2 heteroatoms. The Bertz CT molecular complexity index is 533. The minimum atomic E-state index is 0.133. The summed E-state index contributed by atoms with van der Waals surface area (Å²) in [4.78, 5) is 11.1. The van der Waals surface area contributed by atoms with Gasteiger partial charge in [0.15, 0.2) is 0 Å². The lowest BCUT2D eigenvalue weighted by Crippen LogP contribution is -2.16. The van der Waals surface area contributed by atoms with E-state index in [0.29, 0.717) is 6.42 Å². The molecule has 0 aromatic heterocycles. The number of unbranched alkanes of at least 4 members (excludes halogenated alkanes) is 1. The first-order chi connectivity index (χ1) is 8.79. The molecule has 94 valence electrons. The Kier molecular flexibility index (Phi) is 4.35. The second-order valence-corrected chi connectivity index (χ2v) is 4.56. The van der Waals surface area contributed by atoms with Crippen molar-refractivity contribution in [2.45, 2.75) is 25.7 Å². The highest BCUT2D eigenvalue weighted by Crippen LogP contribution is 2.17. The average molecular weight is 241 g/mol. The molecule has 1 amide bonds. The van der Waals surface area contributed by atoms with Crippen LogP contribution in [-0.4, -0.2) is 13.0 Å². The molecule has 0 bridgehead atoms. The van der Waals surface area contributed by atoms with Crippen molar-refractivity contribution in [1.29, 1.82) is 0 Å². The maximum Gasteiger partial charge on any atom is 0.219 e. The molecule has 0 radical (unpaired) electrons. The van der Waals surface area contributed by atoms with Gasteiger partial charge < -0.3 is 5.32 Å². The molecule has 2 rings (SSSR count). The number of carbonyl (C=O) groups is 1. The number of amides is 1. The van der Waals surface area contributed by atoms with Crippen LogP contribution in [0.2, 0.25) is 0 Å². The molecule has 1 N–H and O–H groups in total. The molecule has 0 saturated heterocycles. The molecule has 0 unspecified atom stereocenters. The summed E-state index contributed by atoms with van der Waals surface area (Å²) in [6, 6.07) is 15.0. The molecule has 18 heavy (non-hydrogen) atoms. The number of hydrogen-bond donors (Lipinski definition) is 1. The molecule has 0 heterocycles. The lowest BCUT2D eigenvalue weighted by Gasteiger charge is -2.04. The molecule has 0 aliphatic carbocycles. The van der Waals surface area contributed by atoms with Gasteiger partial charge in [0.1, 0.15) is 0 Å². The second-order valence-electron chi connectivity index (χ2n) is 4.56. The van der Waals surface area contributed by atoms with Crippen LogP contribution in [0, 0.1) is 0 Å². The fraction of sp³-hybridized carbons (Fsp3) is 0.312. The lowest BCUT2D eigenvalue weighted by molar-refractivity contribution is -0.120. The number of nitrogens with one attached hydrogen (secondary N) is 1. The molecular formula is C16H19NO. The maximum atomic E-state index is 11.1. The molecular weight excluding hydrogens is 222 g/mol. The number of fused-ring (bicyclic) bond motifs is 1. The van der Waals surface area contributed by atoms with Crippen molar-refractivity contribution in [1.82, 2.24) is 5.32 Å². The van der Waals surface area contributed by atoms with Gasteiger partial charge in [-0.3, -0.25) is 4.79 Å². The summed E-state index contributed by atoms with van der Waals surface area (Å²) in [5, 5.41) is 5.23. The van der Waals surface area contributed by atoms with Crippen LogP contribution in [0.25, 0.3) is 10.8 Å². The highest BCUT2D eigenvalue weighted by atomic mass is 16.1. The second kappa shape index (κ2) is 6.20. The zero-order chi connectivity index (χ0) is 12.8. The number of carbonyl (C=O) groups excluding carboxylic acids is 1. The van der Waals surface area contributed by atoms with E-state index >= 15 is 0 Å². The average Bonchev–Trinajstić information content (AvgIpc) is 2.43. The van der Waals surface area contributed by atoms with Crippen molar-refractivity contribution in [3.05, 3.63) is 48.0 Å². The first-order valence-electron chi connectivity index (χ1n) is 6.48. The van der Waals surface area contributed by atoms with Crippen molar-refractivity contribution in [3.8, 4) is 0 Å². The molecule has 2 aromatic carbocycles. The van der Waals surface area contributed by atoms with Crippen LogP contribution in [0.3, 0.4) is 0 Å². The van der Waals surface area contributed by atoms with Crippen molar-refractivity contribution < 1.29 is 4.79 Å². The predicted molar refractivity (Wildman–Crippen MR) is 75.6 cm³/mol. The summed E-state index contributed by atoms with van der Waals surface area (Å²) < 4.78 is 0. The quantitative estimate of drug-likeness (QED) is 0.799. The van der Waals surface area contributed by atoms with Crippen LogP contribution in [0.4, 0.5) is 0 Å².